The van der Waals surface area contributed by atoms with Crippen molar-refractivity contribution in [2.45, 2.75) is 50.4 Å². The van der Waals surface area contributed by atoms with Gasteiger partial charge in [0.1, 0.15) is 5.38 Å². The number of aliphatic carboxylic acids is 1. The van der Waals surface area contributed by atoms with Gasteiger partial charge in [0.15, 0.2) is 0 Å². The quantitative estimate of drug-likeness (QED) is 0.760. The Bertz CT molecular complexity index is 227. The Morgan fingerprint density at radius 1 is 1.44 bits per heavy atom. The number of halogens is 1. The first-order chi connectivity index (χ1) is 7.54. The third kappa shape index (κ3) is 3.95. The zero-order valence-corrected chi connectivity index (χ0v) is 10.9. The van der Waals surface area contributed by atoms with Crippen LogP contribution in [0.3, 0.4) is 0 Å². The van der Waals surface area contributed by atoms with Gasteiger partial charge >= 0.3 is 5.97 Å². The van der Waals surface area contributed by atoms with E-state index in [0.717, 1.165) is 5.92 Å². The summed E-state index contributed by atoms with van der Waals surface area (Å²) in [7, 11) is 1.98. The lowest BCUT2D eigenvalue weighted by Crippen LogP contribution is -2.40. The second-order valence-corrected chi connectivity index (χ2v) is 5.35. The van der Waals surface area contributed by atoms with Crippen LogP contribution in [0.25, 0.3) is 0 Å². The topological polar surface area (TPSA) is 40.5 Å². The molecule has 0 aliphatic heterocycles. The molecule has 1 unspecified atom stereocenters. The highest BCUT2D eigenvalue weighted by molar-refractivity contribution is 6.29. The highest BCUT2D eigenvalue weighted by Gasteiger charge is 2.25. The molecule has 0 aromatic carbocycles. The summed E-state index contributed by atoms with van der Waals surface area (Å²) < 4.78 is 0. The third-order valence-electron chi connectivity index (χ3n) is 3.73. The molecule has 1 aliphatic rings. The zero-order valence-electron chi connectivity index (χ0n) is 10.2. The van der Waals surface area contributed by atoms with Crippen molar-refractivity contribution in [1.29, 1.82) is 0 Å². The normalized spacial score (nSPS) is 28.0. The molecule has 0 heterocycles. The first kappa shape index (κ1) is 13.8. The predicted molar refractivity (Wildman–Crippen MR) is 65.9 cm³/mol. The van der Waals surface area contributed by atoms with E-state index in [1.54, 1.807) is 0 Å². The average Bonchev–Trinajstić information content (AvgIpc) is 2.28. The number of carbonyl (C=O) groups is 1. The van der Waals surface area contributed by atoms with Gasteiger partial charge in [0.2, 0.25) is 0 Å². The smallest absolute Gasteiger partial charge is 0.322 e. The number of alkyl halides is 1. The van der Waals surface area contributed by atoms with Crippen molar-refractivity contribution in [1.82, 2.24) is 4.90 Å². The Morgan fingerprint density at radius 2 is 2.00 bits per heavy atom. The van der Waals surface area contributed by atoms with Crippen molar-refractivity contribution >= 4 is 17.6 Å². The Balaban J connectivity index is 2.33. The maximum absolute atomic E-state index is 10.7. The number of nitrogens with zero attached hydrogens (tertiary/aromatic N) is 1. The Labute approximate surface area is 103 Å². The predicted octanol–water partition coefficient (Wildman–Crippen LogP) is 2.58. The van der Waals surface area contributed by atoms with Crippen molar-refractivity contribution in [3.8, 4) is 0 Å². The molecule has 1 rings (SSSR count). The molecule has 3 nitrogen and oxygen atoms in total. The van der Waals surface area contributed by atoms with E-state index in [4.69, 9.17) is 16.7 Å². The molecule has 0 radical (unpaired) electrons. The monoisotopic (exact) mass is 247 g/mol. The SMILES string of the molecule is CCC1CCC(N(C)CC(Cl)C(=O)O)CC1. The first-order valence-electron chi connectivity index (χ1n) is 6.11. The van der Waals surface area contributed by atoms with Crippen LogP contribution in [0, 0.1) is 5.92 Å². The van der Waals surface area contributed by atoms with Crippen LogP contribution >= 0.6 is 11.6 Å². The second-order valence-electron chi connectivity index (χ2n) is 4.83. The van der Waals surface area contributed by atoms with Crippen LogP contribution in [0.1, 0.15) is 39.0 Å². The van der Waals surface area contributed by atoms with Gasteiger partial charge in [-0.05, 0) is 38.6 Å². The lowest BCUT2D eigenvalue weighted by molar-refractivity contribution is -0.137. The zero-order chi connectivity index (χ0) is 12.1. The molecule has 1 fully saturated rings. The fraction of sp³-hybridized carbons (Fsp3) is 0.917. The summed E-state index contributed by atoms with van der Waals surface area (Å²) in [5.74, 6) is -0.0494. The van der Waals surface area contributed by atoms with Gasteiger partial charge in [-0.2, -0.15) is 0 Å². The van der Waals surface area contributed by atoms with Crippen molar-refractivity contribution in [2.24, 2.45) is 5.92 Å². The van der Waals surface area contributed by atoms with Gasteiger partial charge in [0.25, 0.3) is 0 Å². The van der Waals surface area contributed by atoms with Gasteiger partial charge in [0, 0.05) is 12.6 Å². The van der Waals surface area contributed by atoms with Gasteiger partial charge in [0.05, 0.1) is 0 Å². The van der Waals surface area contributed by atoms with Crippen molar-refractivity contribution < 1.29 is 9.90 Å². The molecule has 16 heavy (non-hydrogen) atoms. The highest BCUT2D eigenvalue weighted by atomic mass is 35.5. The molecule has 0 spiro atoms. The fourth-order valence-electron chi connectivity index (χ4n) is 2.47. The Morgan fingerprint density at radius 3 is 2.44 bits per heavy atom. The summed E-state index contributed by atoms with van der Waals surface area (Å²) in [6.45, 7) is 2.69. The summed E-state index contributed by atoms with van der Waals surface area (Å²) in [5, 5.41) is 7.97. The van der Waals surface area contributed by atoms with Crippen molar-refractivity contribution in [2.75, 3.05) is 13.6 Å². The minimum Gasteiger partial charge on any atom is -0.480 e. The minimum atomic E-state index is -0.921. The van der Waals surface area contributed by atoms with Gasteiger partial charge in [-0.25, -0.2) is 0 Å². The van der Waals surface area contributed by atoms with Crippen LogP contribution in [0.2, 0.25) is 0 Å². The number of rotatable bonds is 5. The lowest BCUT2D eigenvalue weighted by atomic mass is 9.84. The van der Waals surface area contributed by atoms with E-state index in [1.807, 2.05) is 7.05 Å². The first-order valence-corrected chi connectivity index (χ1v) is 6.55. The van der Waals surface area contributed by atoms with E-state index in [2.05, 4.69) is 11.8 Å². The van der Waals surface area contributed by atoms with E-state index in [1.165, 1.54) is 32.1 Å². The van der Waals surface area contributed by atoms with E-state index >= 15 is 0 Å². The van der Waals surface area contributed by atoms with E-state index in [0.29, 0.717) is 12.6 Å². The molecule has 1 saturated carbocycles. The van der Waals surface area contributed by atoms with Gasteiger partial charge in [-0.15, -0.1) is 11.6 Å². The Kier molecular flexibility index (Phi) is 5.56. The van der Waals surface area contributed by atoms with Crippen LogP contribution in [0.15, 0.2) is 0 Å². The van der Waals surface area contributed by atoms with Gasteiger partial charge in [-0.3, -0.25) is 4.79 Å². The van der Waals surface area contributed by atoms with Crippen LogP contribution in [-0.2, 0) is 4.79 Å². The molecule has 0 aromatic rings. The molecule has 0 saturated heterocycles. The number of carboxylic acids is 1. The summed E-state index contributed by atoms with van der Waals surface area (Å²) in [6.07, 6.45) is 6.16. The number of carboxylic acid groups (broad SMARTS) is 1. The van der Waals surface area contributed by atoms with Gasteiger partial charge < -0.3 is 10.0 Å². The standard InChI is InChI=1S/C12H22ClNO2/c1-3-9-4-6-10(7-5-9)14(2)8-11(13)12(15)16/h9-11H,3-8H2,1-2H3,(H,15,16). The van der Waals surface area contributed by atoms with Crippen molar-refractivity contribution in [3.05, 3.63) is 0 Å². The van der Waals surface area contributed by atoms with Crippen molar-refractivity contribution in [3.63, 3.8) is 0 Å². The molecular weight excluding hydrogens is 226 g/mol. The summed E-state index contributed by atoms with van der Waals surface area (Å²) in [6, 6.07) is 0.517. The maximum atomic E-state index is 10.7. The fourth-order valence-corrected chi connectivity index (χ4v) is 2.69. The molecule has 4 heteroatoms. The molecule has 94 valence electrons. The summed E-state index contributed by atoms with van der Waals surface area (Å²) in [4.78, 5) is 12.8. The molecule has 1 N–H and O–H groups in total. The second kappa shape index (κ2) is 6.45. The van der Waals surface area contributed by atoms with E-state index in [-0.39, 0.29) is 0 Å². The van der Waals surface area contributed by atoms with Crippen LogP contribution in [0.5, 0.6) is 0 Å². The summed E-state index contributed by atoms with van der Waals surface area (Å²) in [5.41, 5.74) is 0. The van der Waals surface area contributed by atoms with Gasteiger partial charge in [-0.1, -0.05) is 13.3 Å². The van der Waals surface area contributed by atoms with E-state index in [9.17, 15) is 4.79 Å². The van der Waals surface area contributed by atoms with Crippen LogP contribution in [-0.4, -0.2) is 41.0 Å². The van der Waals surface area contributed by atoms with Crippen LogP contribution < -0.4 is 0 Å². The Hall–Kier alpha value is -0.280. The molecule has 0 amide bonds. The summed E-state index contributed by atoms with van der Waals surface area (Å²) >= 11 is 5.74. The average molecular weight is 248 g/mol. The van der Waals surface area contributed by atoms with Crippen LogP contribution in [0.4, 0.5) is 0 Å². The van der Waals surface area contributed by atoms with E-state index < -0.39 is 11.3 Å². The lowest BCUT2D eigenvalue weighted by Gasteiger charge is -2.34. The molecule has 1 atom stereocenters. The molecule has 0 bridgehead atoms. The maximum Gasteiger partial charge on any atom is 0.322 e. The highest BCUT2D eigenvalue weighted by Crippen LogP contribution is 2.29. The number of hydrogen-bond donors (Lipinski definition) is 1. The molecular formula is C12H22ClNO2. The molecule has 0 aromatic heterocycles. The number of hydrogen-bond acceptors (Lipinski definition) is 2. The third-order valence-corrected chi connectivity index (χ3v) is 4.06. The largest absolute Gasteiger partial charge is 0.480 e. The minimum absolute atomic E-state index is 0.443. The molecule has 1 aliphatic carbocycles.